The molecule has 0 bridgehead atoms. The maximum absolute atomic E-state index is 11.7. The van der Waals surface area contributed by atoms with Crippen molar-refractivity contribution in [1.82, 2.24) is 0 Å². The fourth-order valence-electron chi connectivity index (χ4n) is 1.04. The van der Waals surface area contributed by atoms with Gasteiger partial charge in [-0.1, -0.05) is 13.8 Å². The van der Waals surface area contributed by atoms with E-state index in [4.69, 9.17) is 4.74 Å². The maximum Gasteiger partial charge on any atom is 0.347 e. The summed E-state index contributed by atoms with van der Waals surface area (Å²) < 4.78 is 4.83. The molecule has 0 aromatic heterocycles. The molecule has 4 heteroatoms. The highest BCUT2D eigenvalue weighted by atomic mass is 16.5. The van der Waals surface area contributed by atoms with Crippen molar-refractivity contribution in [2.45, 2.75) is 20.8 Å². The lowest BCUT2D eigenvalue weighted by Gasteiger charge is -2.09. The molecule has 0 atom stereocenters. The van der Waals surface area contributed by atoms with E-state index in [2.05, 4.69) is 0 Å². The number of rotatable bonds is 5. The Morgan fingerprint density at radius 3 is 2.20 bits per heavy atom. The van der Waals surface area contributed by atoms with E-state index in [9.17, 15) is 9.59 Å². The monoisotopic (exact) mass is 214 g/mol. The van der Waals surface area contributed by atoms with E-state index in [1.807, 2.05) is 14.1 Å². The number of quaternary nitrogens is 1. The number of ether oxygens (including phenoxy) is 1. The quantitative estimate of drug-likeness (QED) is 0.298. The molecule has 0 aliphatic carbocycles. The second-order valence-corrected chi connectivity index (χ2v) is 3.87. The van der Waals surface area contributed by atoms with Crippen molar-refractivity contribution < 1.29 is 19.2 Å². The predicted molar refractivity (Wildman–Crippen MR) is 57.4 cm³/mol. The minimum absolute atomic E-state index is 0.145. The zero-order chi connectivity index (χ0) is 12.0. The Kier molecular flexibility index (Phi) is 5.86. The van der Waals surface area contributed by atoms with E-state index >= 15 is 0 Å². The van der Waals surface area contributed by atoms with Gasteiger partial charge in [0, 0.05) is 5.92 Å². The fraction of sp³-hybridized carbons (Fsp3) is 0.636. The number of carbonyl (C=O) groups is 2. The average Bonchev–Trinajstić information content (AvgIpc) is 2.13. The molecule has 0 aromatic rings. The third-order valence-corrected chi connectivity index (χ3v) is 1.72. The summed E-state index contributed by atoms with van der Waals surface area (Å²) in [5, 5.41) is 0. The van der Waals surface area contributed by atoms with Crippen molar-refractivity contribution in [2.24, 2.45) is 5.92 Å². The smallest absolute Gasteiger partial charge is 0.347 e. The number of esters is 1. The first kappa shape index (κ1) is 13.8. The van der Waals surface area contributed by atoms with Gasteiger partial charge in [-0.25, -0.2) is 4.79 Å². The SMILES string of the molecule is CCOC(=O)C(=C[NH+](C)C)C(=O)C(C)C. The molecule has 0 fully saturated rings. The Balaban J connectivity index is 4.90. The van der Waals surface area contributed by atoms with Crippen molar-refractivity contribution in [1.29, 1.82) is 0 Å². The number of hydrogen-bond acceptors (Lipinski definition) is 3. The summed E-state index contributed by atoms with van der Waals surface area (Å²) in [7, 11) is 3.68. The van der Waals surface area contributed by atoms with Gasteiger partial charge in [0.15, 0.2) is 11.4 Å². The van der Waals surface area contributed by atoms with Crippen molar-refractivity contribution in [3.8, 4) is 0 Å². The van der Waals surface area contributed by atoms with Gasteiger partial charge < -0.3 is 9.64 Å². The van der Waals surface area contributed by atoms with Crippen LogP contribution in [0.1, 0.15) is 20.8 Å². The molecule has 0 rings (SSSR count). The highest BCUT2D eigenvalue weighted by Gasteiger charge is 2.23. The minimum Gasteiger partial charge on any atom is -0.462 e. The molecule has 0 aliphatic rings. The van der Waals surface area contributed by atoms with Crippen molar-refractivity contribution >= 4 is 11.8 Å². The van der Waals surface area contributed by atoms with Crippen LogP contribution in [0.15, 0.2) is 11.8 Å². The Bertz CT molecular complexity index is 267. The molecule has 0 saturated carbocycles. The lowest BCUT2D eigenvalue weighted by Crippen LogP contribution is -3.00. The van der Waals surface area contributed by atoms with Gasteiger partial charge in [-0.3, -0.25) is 4.79 Å². The first-order chi connectivity index (χ1) is 6.90. The Hall–Kier alpha value is -1.16. The minimum atomic E-state index is -0.530. The topological polar surface area (TPSA) is 47.8 Å². The normalized spacial score (nSPS) is 12.1. The van der Waals surface area contributed by atoms with Crippen LogP contribution in [0.3, 0.4) is 0 Å². The lowest BCUT2D eigenvalue weighted by molar-refractivity contribution is -0.801. The van der Waals surface area contributed by atoms with Crippen LogP contribution in [0.25, 0.3) is 0 Å². The first-order valence-electron chi connectivity index (χ1n) is 5.13. The van der Waals surface area contributed by atoms with Crippen LogP contribution in [-0.4, -0.2) is 32.5 Å². The van der Waals surface area contributed by atoms with E-state index in [1.165, 1.54) is 0 Å². The van der Waals surface area contributed by atoms with Gasteiger partial charge in [-0.05, 0) is 6.92 Å². The highest BCUT2D eigenvalue weighted by molar-refractivity contribution is 6.17. The largest absolute Gasteiger partial charge is 0.462 e. The first-order valence-corrected chi connectivity index (χ1v) is 5.13. The molecule has 0 spiro atoms. The van der Waals surface area contributed by atoms with Gasteiger partial charge in [-0.2, -0.15) is 0 Å². The summed E-state index contributed by atoms with van der Waals surface area (Å²) in [6.45, 7) is 5.53. The maximum atomic E-state index is 11.7. The van der Waals surface area contributed by atoms with Gasteiger partial charge in [0.25, 0.3) is 0 Å². The summed E-state index contributed by atoms with van der Waals surface area (Å²) >= 11 is 0. The summed E-state index contributed by atoms with van der Waals surface area (Å²) in [5.41, 5.74) is 0.145. The number of hydrogen-bond donors (Lipinski definition) is 1. The van der Waals surface area contributed by atoms with E-state index in [0.717, 1.165) is 4.90 Å². The Labute approximate surface area is 90.9 Å². The van der Waals surface area contributed by atoms with Crippen LogP contribution < -0.4 is 4.90 Å². The van der Waals surface area contributed by atoms with Crippen LogP contribution >= 0.6 is 0 Å². The van der Waals surface area contributed by atoms with Gasteiger partial charge in [0.05, 0.1) is 20.7 Å². The summed E-state index contributed by atoms with van der Waals surface area (Å²) in [5.74, 6) is -0.896. The number of ketones is 1. The average molecular weight is 214 g/mol. The van der Waals surface area contributed by atoms with Gasteiger partial charge >= 0.3 is 5.97 Å². The molecule has 0 amide bonds. The second-order valence-electron chi connectivity index (χ2n) is 3.87. The molecule has 0 unspecified atom stereocenters. The lowest BCUT2D eigenvalue weighted by atomic mass is 10.0. The summed E-state index contributed by atoms with van der Waals surface area (Å²) in [4.78, 5) is 24.1. The van der Waals surface area contributed by atoms with Crippen LogP contribution in [0.4, 0.5) is 0 Å². The van der Waals surface area contributed by atoms with Crippen molar-refractivity contribution in [3.05, 3.63) is 11.8 Å². The summed E-state index contributed by atoms with van der Waals surface area (Å²) in [6.07, 6.45) is 1.58. The van der Waals surface area contributed by atoms with Crippen LogP contribution in [0, 0.1) is 5.92 Å². The molecule has 0 aliphatic heterocycles. The molecule has 0 saturated heterocycles. The molecule has 0 aromatic carbocycles. The third kappa shape index (κ3) is 4.74. The Morgan fingerprint density at radius 2 is 1.87 bits per heavy atom. The van der Waals surface area contributed by atoms with Crippen LogP contribution in [0.2, 0.25) is 0 Å². The molecule has 4 nitrogen and oxygen atoms in total. The standard InChI is InChI=1S/C11H19NO3/c1-6-15-11(14)9(7-12(4)5)10(13)8(2)3/h7-8H,6H2,1-5H3/p+1. The molecular formula is C11H20NO3+. The zero-order valence-corrected chi connectivity index (χ0v) is 10.1. The highest BCUT2D eigenvalue weighted by Crippen LogP contribution is 2.06. The van der Waals surface area contributed by atoms with Gasteiger partial charge in [0.2, 0.25) is 0 Å². The Morgan fingerprint density at radius 1 is 1.33 bits per heavy atom. The fourth-order valence-corrected chi connectivity index (χ4v) is 1.04. The number of Topliss-reactive ketones (excluding diaryl/α,β-unsaturated/α-hetero) is 1. The van der Waals surface area contributed by atoms with Crippen molar-refractivity contribution in [3.63, 3.8) is 0 Å². The zero-order valence-electron chi connectivity index (χ0n) is 10.1. The molecule has 0 radical (unpaired) electrons. The van der Waals surface area contributed by atoms with E-state index in [1.54, 1.807) is 27.0 Å². The molecular weight excluding hydrogens is 194 g/mol. The van der Waals surface area contributed by atoms with E-state index < -0.39 is 5.97 Å². The summed E-state index contributed by atoms with van der Waals surface area (Å²) in [6, 6.07) is 0. The van der Waals surface area contributed by atoms with Crippen LogP contribution in [-0.2, 0) is 14.3 Å². The molecule has 15 heavy (non-hydrogen) atoms. The third-order valence-electron chi connectivity index (χ3n) is 1.72. The van der Waals surface area contributed by atoms with Gasteiger partial charge in [-0.15, -0.1) is 0 Å². The van der Waals surface area contributed by atoms with E-state index in [-0.39, 0.29) is 23.9 Å². The van der Waals surface area contributed by atoms with Gasteiger partial charge in [0.1, 0.15) is 6.20 Å². The number of nitrogens with one attached hydrogen (secondary N) is 1. The van der Waals surface area contributed by atoms with Crippen molar-refractivity contribution in [2.75, 3.05) is 20.7 Å². The molecule has 1 N–H and O–H groups in total. The predicted octanol–water partition coefficient (Wildman–Crippen LogP) is -0.197. The molecule has 86 valence electrons. The second kappa shape index (κ2) is 6.35. The van der Waals surface area contributed by atoms with Crippen LogP contribution in [0.5, 0.6) is 0 Å². The molecule has 0 heterocycles. The van der Waals surface area contributed by atoms with E-state index in [0.29, 0.717) is 0 Å². The number of carbonyl (C=O) groups excluding carboxylic acids is 2.